The number of unbranched alkanes of at least 4 members (excludes halogenated alkanes) is 1. The van der Waals surface area contributed by atoms with E-state index in [1.54, 1.807) is 0 Å². The molecule has 1 saturated heterocycles. The number of carbonyl (C=O) groups excluding carboxylic acids is 1. The van der Waals surface area contributed by atoms with E-state index in [0.717, 1.165) is 51.9 Å². The minimum Gasteiger partial charge on any atom is -0.392 e. The average molecular weight is 285 g/mol. The van der Waals surface area contributed by atoms with Gasteiger partial charge >= 0.3 is 0 Å². The number of hydrogen-bond donors (Lipinski definition) is 1. The van der Waals surface area contributed by atoms with Gasteiger partial charge in [0.05, 0.1) is 11.0 Å². The second-order valence-corrected chi connectivity index (χ2v) is 5.70. The molecule has 0 aromatic heterocycles. The van der Waals surface area contributed by atoms with Crippen molar-refractivity contribution in [2.24, 2.45) is 5.73 Å². The quantitative estimate of drug-likeness (QED) is 0.724. The maximum atomic E-state index is 12.0. The van der Waals surface area contributed by atoms with Crippen LogP contribution in [-0.4, -0.2) is 52.9 Å². The molecule has 0 aliphatic carbocycles. The van der Waals surface area contributed by atoms with E-state index in [4.69, 9.17) is 18.0 Å². The Bertz CT molecular complexity index is 301. The van der Waals surface area contributed by atoms with E-state index in [0.29, 0.717) is 17.3 Å². The van der Waals surface area contributed by atoms with Gasteiger partial charge in [-0.2, -0.15) is 0 Å². The van der Waals surface area contributed by atoms with Gasteiger partial charge < -0.3 is 10.6 Å². The number of hydrogen-bond acceptors (Lipinski definition) is 3. The number of amides is 1. The Balaban J connectivity index is 2.42. The molecule has 2 N–H and O–H groups in total. The van der Waals surface area contributed by atoms with Crippen molar-refractivity contribution in [1.29, 1.82) is 0 Å². The van der Waals surface area contributed by atoms with E-state index in [9.17, 15) is 4.79 Å². The van der Waals surface area contributed by atoms with E-state index in [-0.39, 0.29) is 6.04 Å². The largest absolute Gasteiger partial charge is 0.392 e. The summed E-state index contributed by atoms with van der Waals surface area (Å²) < 4.78 is 0. The van der Waals surface area contributed by atoms with E-state index >= 15 is 0 Å². The third kappa shape index (κ3) is 5.07. The topological polar surface area (TPSA) is 49.6 Å². The molecule has 110 valence electrons. The molecule has 1 heterocycles. The first-order valence-corrected chi connectivity index (χ1v) is 7.82. The fourth-order valence-corrected chi connectivity index (χ4v) is 2.81. The number of carbonyl (C=O) groups is 1. The maximum Gasteiger partial charge on any atom is 0.222 e. The lowest BCUT2D eigenvalue weighted by Crippen LogP contribution is -2.54. The first-order chi connectivity index (χ1) is 9.10. The van der Waals surface area contributed by atoms with Gasteiger partial charge in [-0.3, -0.25) is 9.69 Å². The van der Waals surface area contributed by atoms with Crippen LogP contribution in [0.15, 0.2) is 0 Å². The molecule has 1 rings (SSSR count). The number of nitrogens with zero attached hydrogens (tertiary/aromatic N) is 2. The molecule has 0 aromatic rings. The van der Waals surface area contributed by atoms with Gasteiger partial charge in [-0.1, -0.05) is 38.9 Å². The predicted molar refractivity (Wildman–Crippen MR) is 83.2 cm³/mol. The number of piperazine rings is 1. The first-order valence-electron chi connectivity index (χ1n) is 7.41. The summed E-state index contributed by atoms with van der Waals surface area (Å²) in [6, 6.07) is 0.202. The number of nitrogens with two attached hydrogens (primary N) is 1. The van der Waals surface area contributed by atoms with E-state index in [2.05, 4.69) is 18.7 Å². The maximum absolute atomic E-state index is 12.0. The van der Waals surface area contributed by atoms with Crippen LogP contribution >= 0.6 is 12.2 Å². The Hall–Kier alpha value is -0.680. The van der Waals surface area contributed by atoms with Crippen molar-refractivity contribution in [3.05, 3.63) is 0 Å². The summed E-state index contributed by atoms with van der Waals surface area (Å²) in [7, 11) is 0. The van der Waals surface area contributed by atoms with Gasteiger partial charge in [0.1, 0.15) is 0 Å². The number of thiocarbonyl (C=S) groups is 1. The lowest BCUT2D eigenvalue weighted by Gasteiger charge is -2.39. The normalized spacial score (nSPS) is 18.3. The smallest absolute Gasteiger partial charge is 0.222 e. The Morgan fingerprint density at radius 2 is 1.84 bits per heavy atom. The first kappa shape index (κ1) is 16.4. The van der Waals surface area contributed by atoms with E-state index in [1.807, 2.05) is 4.90 Å². The third-order valence-electron chi connectivity index (χ3n) is 3.74. The van der Waals surface area contributed by atoms with Crippen LogP contribution in [0.1, 0.15) is 46.0 Å². The van der Waals surface area contributed by atoms with Gasteiger partial charge in [-0.25, -0.2) is 0 Å². The zero-order chi connectivity index (χ0) is 14.3. The van der Waals surface area contributed by atoms with Crippen LogP contribution in [0.5, 0.6) is 0 Å². The molecule has 0 radical (unpaired) electrons. The predicted octanol–water partition coefficient (Wildman–Crippen LogP) is 1.78. The standard InChI is InChI=1S/C14H27N3OS/c1-3-5-7-13(18)17-10-8-16(9-11-17)12(6-4-2)14(15)19/h12H,3-11H2,1-2H3,(H2,15,19). The summed E-state index contributed by atoms with van der Waals surface area (Å²) in [5.41, 5.74) is 5.82. The molecule has 1 aliphatic heterocycles. The van der Waals surface area contributed by atoms with Crippen LogP contribution < -0.4 is 5.73 Å². The molecule has 4 nitrogen and oxygen atoms in total. The fraction of sp³-hybridized carbons (Fsp3) is 0.857. The molecule has 1 amide bonds. The van der Waals surface area contributed by atoms with Crippen molar-refractivity contribution in [3.63, 3.8) is 0 Å². The van der Waals surface area contributed by atoms with Crippen molar-refractivity contribution < 1.29 is 4.79 Å². The second kappa shape index (κ2) is 8.48. The molecule has 1 unspecified atom stereocenters. The molecular weight excluding hydrogens is 258 g/mol. The van der Waals surface area contributed by atoms with Crippen LogP contribution in [0.3, 0.4) is 0 Å². The minimum absolute atomic E-state index is 0.202. The van der Waals surface area contributed by atoms with Crippen molar-refractivity contribution in [1.82, 2.24) is 9.80 Å². The van der Waals surface area contributed by atoms with E-state index in [1.165, 1.54) is 0 Å². The van der Waals surface area contributed by atoms with Crippen LogP contribution in [0.2, 0.25) is 0 Å². The molecule has 0 saturated carbocycles. The summed E-state index contributed by atoms with van der Waals surface area (Å²) in [5, 5.41) is 0. The van der Waals surface area contributed by atoms with Gasteiger partial charge in [-0.15, -0.1) is 0 Å². The van der Waals surface area contributed by atoms with Crippen LogP contribution in [-0.2, 0) is 4.79 Å². The van der Waals surface area contributed by atoms with Crippen molar-refractivity contribution in [2.45, 2.75) is 52.0 Å². The minimum atomic E-state index is 0.202. The molecule has 1 fully saturated rings. The molecule has 1 atom stereocenters. The third-order valence-corrected chi connectivity index (χ3v) is 4.01. The summed E-state index contributed by atoms with van der Waals surface area (Å²) in [4.78, 5) is 16.9. The highest BCUT2D eigenvalue weighted by atomic mass is 32.1. The van der Waals surface area contributed by atoms with Gasteiger partial charge in [-0.05, 0) is 12.8 Å². The Morgan fingerprint density at radius 3 is 2.32 bits per heavy atom. The summed E-state index contributed by atoms with van der Waals surface area (Å²) in [6.07, 6.45) is 4.84. The van der Waals surface area contributed by atoms with Crippen LogP contribution in [0.4, 0.5) is 0 Å². The lowest BCUT2D eigenvalue weighted by atomic mass is 10.1. The van der Waals surface area contributed by atoms with Crippen LogP contribution in [0.25, 0.3) is 0 Å². The van der Waals surface area contributed by atoms with E-state index < -0.39 is 0 Å². The SMILES string of the molecule is CCCCC(=O)N1CCN(C(CCC)C(N)=S)CC1. The zero-order valence-corrected chi connectivity index (χ0v) is 13.0. The van der Waals surface area contributed by atoms with Crippen molar-refractivity contribution in [2.75, 3.05) is 26.2 Å². The second-order valence-electron chi connectivity index (χ2n) is 5.23. The molecule has 1 aliphatic rings. The Morgan fingerprint density at radius 1 is 1.21 bits per heavy atom. The number of rotatable bonds is 7. The monoisotopic (exact) mass is 285 g/mol. The van der Waals surface area contributed by atoms with Crippen LogP contribution in [0, 0.1) is 0 Å². The van der Waals surface area contributed by atoms with Gasteiger partial charge in [0, 0.05) is 32.6 Å². The summed E-state index contributed by atoms with van der Waals surface area (Å²) >= 11 is 5.16. The van der Waals surface area contributed by atoms with Gasteiger partial charge in [0.15, 0.2) is 0 Å². The fourth-order valence-electron chi connectivity index (χ4n) is 2.55. The molecular formula is C14H27N3OS. The van der Waals surface area contributed by atoms with Crippen molar-refractivity contribution in [3.8, 4) is 0 Å². The molecule has 0 aromatic carbocycles. The lowest BCUT2D eigenvalue weighted by molar-refractivity contribution is -0.133. The molecule has 5 heteroatoms. The Labute approximate surface area is 122 Å². The summed E-state index contributed by atoms with van der Waals surface area (Å²) in [5.74, 6) is 0.295. The zero-order valence-electron chi connectivity index (χ0n) is 12.2. The summed E-state index contributed by atoms with van der Waals surface area (Å²) in [6.45, 7) is 7.66. The molecule has 19 heavy (non-hydrogen) atoms. The highest BCUT2D eigenvalue weighted by Gasteiger charge is 2.26. The average Bonchev–Trinajstić information content (AvgIpc) is 2.42. The highest BCUT2D eigenvalue weighted by molar-refractivity contribution is 7.80. The van der Waals surface area contributed by atoms with Gasteiger partial charge in [0.2, 0.25) is 5.91 Å². The van der Waals surface area contributed by atoms with Crippen molar-refractivity contribution >= 4 is 23.1 Å². The van der Waals surface area contributed by atoms with Gasteiger partial charge in [0.25, 0.3) is 0 Å². The Kier molecular flexibility index (Phi) is 7.31. The highest BCUT2D eigenvalue weighted by Crippen LogP contribution is 2.13. The molecule has 0 bridgehead atoms. The molecule has 0 spiro atoms.